The van der Waals surface area contributed by atoms with Crippen LogP contribution < -0.4 is 0 Å². The van der Waals surface area contributed by atoms with Gasteiger partial charge >= 0.3 is 0 Å². The van der Waals surface area contributed by atoms with Gasteiger partial charge < -0.3 is 4.90 Å². The second-order valence-electron chi connectivity index (χ2n) is 6.60. The molecule has 0 unspecified atom stereocenters. The molecule has 2 nitrogen and oxygen atoms in total. The van der Waals surface area contributed by atoms with Crippen LogP contribution in [-0.2, 0) is 4.75 Å². The molecular weight excluding hydrogens is 475 g/mol. The van der Waals surface area contributed by atoms with E-state index in [2.05, 4.69) is 115 Å². The van der Waals surface area contributed by atoms with Gasteiger partial charge in [-0.15, -0.1) is 35.7 Å². The number of thioether (sulfide) groups is 1. The van der Waals surface area contributed by atoms with Crippen LogP contribution in [0.5, 0.6) is 0 Å². The molecule has 0 heterocycles. The van der Waals surface area contributed by atoms with Gasteiger partial charge in [0.1, 0.15) is 5.84 Å². The van der Waals surface area contributed by atoms with Gasteiger partial charge in [-0.25, -0.2) is 0 Å². The molecular formula is C24H27IN2S. The second-order valence-corrected chi connectivity index (χ2v) is 7.79. The minimum absolute atomic E-state index is 0. The molecule has 0 aliphatic rings. The number of rotatable bonds is 6. The molecule has 3 aromatic rings. The number of aliphatic imine (C=N–C) groups is 1. The van der Waals surface area contributed by atoms with Crippen LogP contribution in [0.25, 0.3) is 0 Å². The van der Waals surface area contributed by atoms with Gasteiger partial charge in [0, 0.05) is 21.1 Å². The molecule has 3 rings (SSSR count). The van der Waals surface area contributed by atoms with Crippen molar-refractivity contribution in [3.05, 3.63) is 108 Å². The van der Waals surface area contributed by atoms with Crippen LogP contribution >= 0.6 is 35.7 Å². The maximum Gasteiger partial charge on any atom is 0.108 e. The topological polar surface area (TPSA) is 15.6 Å². The van der Waals surface area contributed by atoms with Gasteiger partial charge in [-0.2, -0.15) is 0 Å². The van der Waals surface area contributed by atoms with Gasteiger partial charge in [0.25, 0.3) is 0 Å². The van der Waals surface area contributed by atoms with E-state index in [-0.39, 0.29) is 28.7 Å². The van der Waals surface area contributed by atoms with E-state index in [0.29, 0.717) is 0 Å². The fourth-order valence-electron chi connectivity index (χ4n) is 3.34. The number of hydrogen-bond acceptors (Lipinski definition) is 2. The summed E-state index contributed by atoms with van der Waals surface area (Å²) in [7, 11) is 5.97. The van der Waals surface area contributed by atoms with Crippen molar-refractivity contribution >= 4 is 41.6 Å². The van der Waals surface area contributed by atoms with Crippen molar-refractivity contribution in [2.24, 2.45) is 4.99 Å². The normalized spacial score (nSPS) is 11.6. The summed E-state index contributed by atoms with van der Waals surface area (Å²) in [5.41, 5.74) is 3.84. The molecule has 0 radical (unpaired) electrons. The summed E-state index contributed by atoms with van der Waals surface area (Å²) in [5, 5.41) is 0. The van der Waals surface area contributed by atoms with E-state index in [1.807, 2.05) is 18.8 Å². The van der Waals surface area contributed by atoms with Crippen molar-refractivity contribution in [3.8, 4) is 0 Å². The third-order valence-electron chi connectivity index (χ3n) is 4.73. The van der Waals surface area contributed by atoms with E-state index in [4.69, 9.17) is 0 Å². The molecule has 146 valence electrons. The van der Waals surface area contributed by atoms with Crippen LogP contribution in [0.3, 0.4) is 0 Å². The molecule has 0 aromatic heterocycles. The first-order chi connectivity index (χ1) is 13.2. The number of amidine groups is 1. The predicted molar refractivity (Wildman–Crippen MR) is 134 cm³/mol. The zero-order chi connectivity index (χ0) is 19.1. The monoisotopic (exact) mass is 502 g/mol. The van der Waals surface area contributed by atoms with Gasteiger partial charge in [0.15, 0.2) is 0 Å². The Kier molecular flexibility index (Phi) is 8.58. The van der Waals surface area contributed by atoms with Crippen molar-refractivity contribution in [2.75, 3.05) is 26.9 Å². The van der Waals surface area contributed by atoms with Crippen LogP contribution in [0, 0.1) is 0 Å². The summed E-state index contributed by atoms with van der Waals surface area (Å²) in [4.78, 5) is 6.59. The SMILES string of the molecule is C/N=C(/CSC(c1ccccc1)(c1ccccc1)c1ccccc1)N(C)C.I. The Bertz CT molecular complexity index is 768. The van der Waals surface area contributed by atoms with Crippen molar-refractivity contribution in [1.82, 2.24) is 4.90 Å². The van der Waals surface area contributed by atoms with Crippen LogP contribution in [0.4, 0.5) is 0 Å². The molecule has 0 saturated carbocycles. The van der Waals surface area contributed by atoms with Gasteiger partial charge in [0.05, 0.1) is 10.5 Å². The summed E-state index contributed by atoms with van der Waals surface area (Å²) in [5.74, 6) is 1.90. The number of benzene rings is 3. The molecule has 0 bridgehead atoms. The third kappa shape index (κ3) is 4.78. The van der Waals surface area contributed by atoms with E-state index in [1.54, 1.807) is 0 Å². The highest BCUT2D eigenvalue weighted by Gasteiger charge is 2.37. The molecule has 0 saturated heterocycles. The first-order valence-electron chi connectivity index (χ1n) is 9.12. The van der Waals surface area contributed by atoms with Gasteiger partial charge in [-0.1, -0.05) is 91.0 Å². The molecule has 3 aromatic carbocycles. The minimum Gasteiger partial charge on any atom is -0.366 e. The summed E-state index contributed by atoms with van der Waals surface area (Å²) >= 11 is 1.92. The quantitative estimate of drug-likeness (QED) is 0.180. The lowest BCUT2D eigenvalue weighted by Gasteiger charge is -2.36. The molecule has 4 heteroatoms. The van der Waals surface area contributed by atoms with E-state index >= 15 is 0 Å². The Hall–Kier alpha value is -1.79. The second kappa shape index (κ2) is 10.7. The lowest BCUT2D eigenvalue weighted by Crippen LogP contribution is -2.30. The third-order valence-corrected chi connectivity index (χ3v) is 6.28. The van der Waals surface area contributed by atoms with Gasteiger partial charge in [-0.3, -0.25) is 4.99 Å². The largest absolute Gasteiger partial charge is 0.366 e. The minimum atomic E-state index is -0.296. The van der Waals surface area contributed by atoms with Gasteiger partial charge in [0.2, 0.25) is 0 Å². The van der Waals surface area contributed by atoms with Crippen LogP contribution in [0.1, 0.15) is 16.7 Å². The average molecular weight is 502 g/mol. The van der Waals surface area contributed by atoms with Crippen molar-refractivity contribution < 1.29 is 0 Å². The Morgan fingerprint density at radius 2 is 1.11 bits per heavy atom. The van der Waals surface area contributed by atoms with Crippen molar-refractivity contribution in [2.45, 2.75) is 4.75 Å². The highest BCUT2D eigenvalue weighted by atomic mass is 127. The molecule has 28 heavy (non-hydrogen) atoms. The Morgan fingerprint density at radius 1 is 0.750 bits per heavy atom. The summed E-state index contributed by atoms with van der Waals surface area (Å²) < 4.78 is -0.296. The summed E-state index contributed by atoms with van der Waals surface area (Å²) in [6.07, 6.45) is 0. The fourth-order valence-corrected chi connectivity index (χ4v) is 4.98. The Morgan fingerprint density at radius 3 is 1.39 bits per heavy atom. The average Bonchev–Trinajstić information content (AvgIpc) is 2.73. The lowest BCUT2D eigenvalue weighted by molar-refractivity contribution is 0.618. The first kappa shape index (κ1) is 22.5. The van der Waals surface area contributed by atoms with Crippen LogP contribution in [-0.4, -0.2) is 37.6 Å². The van der Waals surface area contributed by atoms with Gasteiger partial charge in [-0.05, 0) is 16.7 Å². The number of halogens is 1. The van der Waals surface area contributed by atoms with E-state index in [1.165, 1.54) is 16.7 Å². The Balaban J connectivity index is 0.00000280. The fraction of sp³-hybridized carbons (Fsp3) is 0.208. The molecule has 0 atom stereocenters. The van der Waals surface area contributed by atoms with E-state index in [0.717, 1.165) is 11.6 Å². The molecule has 0 aliphatic heterocycles. The smallest absolute Gasteiger partial charge is 0.108 e. The molecule has 0 N–H and O–H groups in total. The maximum absolute atomic E-state index is 4.49. The standard InChI is InChI=1S/C24H26N2S.HI/c1-25-23(26(2)3)19-27-24(20-13-7-4-8-14-20,21-15-9-5-10-16-21)22-17-11-6-12-18-22;/h4-18H,19H2,1-3H3;1H/b25-23-;. The lowest BCUT2D eigenvalue weighted by atomic mass is 9.84. The molecule has 0 amide bonds. The molecule has 0 aliphatic carbocycles. The molecule has 0 spiro atoms. The van der Waals surface area contributed by atoms with Crippen LogP contribution in [0.2, 0.25) is 0 Å². The van der Waals surface area contributed by atoms with Crippen molar-refractivity contribution in [3.63, 3.8) is 0 Å². The summed E-state index contributed by atoms with van der Waals surface area (Å²) in [6, 6.07) is 32.3. The van der Waals surface area contributed by atoms with E-state index < -0.39 is 0 Å². The highest BCUT2D eigenvalue weighted by molar-refractivity contribution is 14.0. The first-order valence-corrected chi connectivity index (χ1v) is 10.1. The molecule has 0 fully saturated rings. The van der Waals surface area contributed by atoms with Crippen LogP contribution in [0.15, 0.2) is 96.0 Å². The predicted octanol–water partition coefficient (Wildman–Crippen LogP) is 5.92. The zero-order valence-corrected chi connectivity index (χ0v) is 19.7. The maximum atomic E-state index is 4.49. The van der Waals surface area contributed by atoms with E-state index in [9.17, 15) is 0 Å². The number of hydrogen-bond donors (Lipinski definition) is 0. The number of nitrogens with zero attached hydrogens (tertiary/aromatic N) is 2. The Labute approximate surface area is 190 Å². The van der Waals surface area contributed by atoms with Crippen molar-refractivity contribution in [1.29, 1.82) is 0 Å². The summed E-state index contributed by atoms with van der Waals surface area (Å²) in [6.45, 7) is 0. The zero-order valence-electron chi connectivity index (χ0n) is 16.6. The highest BCUT2D eigenvalue weighted by Crippen LogP contribution is 2.48.